The Labute approximate surface area is 140 Å². The van der Waals surface area contributed by atoms with Gasteiger partial charge in [-0.2, -0.15) is 0 Å². The minimum Gasteiger partial charge on any atom is -0.351 e. The summed E-state index contributed by atoms with van der Waals surface area (Å²) in [7, 11) is 1.70. The van der Waals surface area contributed by atoms with E-state index in [-0.39, 0.29) is 24.6 Å². The Morgan fingerprint density at radius 2 is 2.00 bits per heavy atom. The molecule has 0 fully saturated rings. The minimum atomic E-state index is -0.0771. The van der Waals surface area contributed by atoms with Crippen molar-refractivity contribution in [2.45, 2.75) is 19.9 Å². The molecule has 1 aromatic heterocycles. The largest absolute Gasteiger partial charge is 0.351 e. The molecule has 0 atom stereocenters. The van der Waals surface area contributed by atoms with Crippen LogP contribution in [-0.4, -0.2) is 16.2 Å². The Hall–Kier alpha value is -1.56. The van der Waals surface area contributed by atoms with E-state index in [2.05, 4.69) is 14.6 Å². The fourth-order valence-corrected chi connectivity index (χ4v) is 2.20. The van der Waals surface area contributed by atoms with Gasteiger partial charge in [0.2, 0.25) is 5.95 Å². The maximum absolute atomic E-state index is 12.3. The standard InChI is InChI=1S/C15H18ClN3O2.ClH/c1-11-13(8-9-21-16)14(20)19(2)15(18-11)17-10-12-6-4-3-5-7-12;/h3-7H,8-10H2,1-2H3,(H,17,18);1H. The average molecular weight is 344 g/mol. The third kappa shape index (κ3) is 4.47. The Kier molecular flexibility index (Phi) is 7.38. The van der Waals surface area contributed by atoms with Crippen LogP contribution in [0.4, 0.5) is 5.95 Å². The third-order valence-corrected chi connectivity index (χ3v) is 3.47. The quantitative estimate of drug-likeness (QED) is 0.876. The number of benzene rings is 1. The molecular formula is C15H19Cl2N3O2. The molecule has 5 nitrogen and oxygen atoms in total. The average Bonchev–Trinajstić information content (AvgIpc) is 2.50. The highest BCUT2D eigenvalue weighted by Gasteiger charge is 2.11. The van der Waals surface area contributed by atoms with Crippen LogP contribution in [0.3, 0.4) is 0 Å². The number of aryl methyl sites for hydroxylation is 1. The topological polar surface area (TPSA) is 56.2 Å². The van der Waals surface area contributed by atoms with Gasteiger partial charge in [0.25, 0.3) is 5.56 Å². The molecule has 7 heteroatoms. The summed E-state index contributed by atoms with van der Waals surface area (Å²) in [6.45, 7) is 2.72. The molecule has 120 valence electrons. The zero-order chi connectivity index (χ0) is 15.2. The number of nitrogens with zero attached hydrogens (tertiary/aromatic N) is 2. The van der Waals surface area contributed by atoms with Crippen LogP contribution < -0.4 is 10.9 Å². The Bertz CT molecular complexity index is 660. The van der Waals surface area contributed by atoms with Crippen molar-refractivity contribution in [2.75, 3.05) is 11.9 Å². The molecule has 0 spiro atoms. The molecule has 1 N–H and O–H groups in total. The fourth-order valence-electron chi connectivity index (χ4n) is 2.12. The van der Waals surface area contributed by atoms with E-state index < -0.39 is 0 Å². The summed E-state index contributed by atoms with van der Waals surface area (Å²) >= 11 is 5.20. The smallest absolute Gasteiger partial charge is 0.258 e. The summed E-state index contributed by atoms with van der Waals surface area (Å²) < 4.78 is 6.03. The Morgan fingerprint density at radius 1 is 1.32 bits per heavy atom. The first-order valence-electron chi connectivity index (χ1n) is 6.71. The van der Waals surface area contributed by atoms with Gasteiger partial charge in [0.1, 0.15) is 0 Å². The van der Waals surface area contributed by atoms with Crippen LogP contribution in [0.15, 0.2) is 35.1 Å². The van der Waals surface area contributed by atoms with Crippen LogP contribution in [0.2, 0.25) is 0 Å². The highest BCUT2D eigenvalue weighted by molar-refractivity contribution is 6.07. The number of hydrogen-bond acceptors (Lipinski definition) is 4. The molecule has 1 aromatic carbocycles. The van der Waals surface area contributed by atoms with E-state index in [9.17, 15) is 4.79 Å². The van der Waals surface area contributed by atoms with E-state index in [1.807, 2.05) is 37.3 Å². The Balaban J connectivity index is 0.00000242. The second-order valence-electron chi connectivity index (χ2n) is 4.77. The summed E-state index contributed by atoms with van der Waals surface area (Å²) in [5, 5.41) is 3.19. The van der Waals surface area contributed by atoms with Crippen molar-refractivity contribution in [1.29, 1.82) is 0 Å². The lowest BCUT2D eigenvalue weighted by Crippen LogP contribution is -2.27. The molecule has 2 rings (SSSR count). The lowest BCUT2D eigenvalue weighted by atomic mass is 10.2. The molecule has 0 saturated heterocycles. The van der Waals surface area contributed by atoms with Gasteiger partial charge in [-0.15, -0.1) is 12.4 Å². The molecule has 0 aliphatic carbocycles. The molecule has 0 unspecified atom stereocenters. The molecule has 0 saturated carbocycles. The molecule has 0 amide bonds. The van der Waals surface area contributed by atoms with E-state index >= 15 is 0 Å². The zero-order valence-corrected chi connectivity index (χ0v) is 14.1. The number of halogens is 2. The van der Waals surface area contributed by atoms with Crippen molar-refractivity contribution >= 4 is 30.2 Å². The SMILES string of the molecule is Cc1nc(NCc2ccccc2)n(C)c(=O)c1CCOCl.Cl. The molecule has 22 heavy (non-hydrogen) atoms. The first-order chi connectivity index (χ1) is 10.1. The second kappa shape index (κ2) is 8.78. The number of aromatic nitrogens is 2. The van der Waals surface area contributed by atoms with Gasteiger partial charge < -0.3 is 5.32 Å². The monoisotopic (exact) mass is 343 g/mol. The predicted octanol–water partition coefficient (Wildman–Crippen LogP) is 2.84. The zero-order valence-electron chi connectivity index (χ0n) is 12.5. The van der Waals surface area contributed by atoms with Crippen molar-refractivity contribution in [3.63, 3.8) is 0 Å². The molecule has 0 bridgehead atoms. The van der Waals surface area contributed by atoms with Crippen LogP contribution in [0, 0.1) is 6.92 Å². The maximum Gasteiger partial charge on any atom is 0.258 e. The van der Waals surface area contributed by atoms with E-state index in [4.69, 9.17) is 11.9 Å². The van der Waals surface area contributed by atoms with Crippen molar-refractivity contribution in [1.82, 2.24) is 9.55 Å². The van der Waals surface area contributed by atoms with Gasteiger partial charge in [-0.3, -0.25) is 13.7 Å². The van der Waals surface area contributed by atoms with Crippen LogP contribution in [-0.2, 0) is 24.3 Å². The molecule has 0 radical (unpaired) electrons. The number of anilines is 1. The molecule has 0 aliphatic rings. The predicted molar refractivity (Wildman–Crippen MR) is 90.7 cm³/mol. The highest BCUT2D eigenvalue weighted by Crippen LogP contribution is 2.08. The molecular weight excluding hydrogens is 325 g/mol. The molecule has 2 aromatic rings. The second-order valence-corrected chi connectivity index (χ2v) is 4.98. The van der Waals surface area contributed by atoms with Crippen molar-refractivity contribution < 1.29 is 4.29 Å². The first-order valence-corrected chi connectivity index (χ1v) is 7.02. The number of nitrogens with one attached hydrogen (secondary N) is 1. The summed E-state index contributed by atoms with van der Waals surface area (Å²) in [5.74, 6) is 0.553. The lowest BCUT2D eigenvalue weighted by Gasteiger charge is -2.13. The highest BCUT2D eigenvalue weighted by atomic mass is 35.5. The molecule has 1 heterocycles. The van der Waals surface area contributed by atoms with Crippen molar-refractivity contribution in [2.24, 2.45) is 7.05 Å². The fraction of sp³-hybridized carbons (Fsp3) is 0.333. The van der Waals surface area contributed by atoms with Crippen LogP contribution >= 0.6 is 24.3 Å². The summed E-state index contributed by atoms with van der Waals surface area (Å²) in [6, 6.07) is 9.96. The van der Waals surface area contributed by atoms with E-state index in [0.717, 1.165) is 5.56 Å². The van der Waals surface area contributed by atoms with E-state index in [0.29, 0.717) is 30.2 Å². The summed E-state index contributed by atoms with van der Waals surface area (Å²) in [6.07, 6.45) is 0.452. The van der Waals surface area contributed by atoms with Gasteiger partial charge in [0, 0.05) is 25.6 Å². The van der Waals surface area contributed by atoms with Gasteiger partial charge in [0.15, 0.2) is 0 Å². The van der Waals surface area contributed by atoms with Crippen LogP contribution in [0.25, 0.3) is 0 Å². The van der Waals surface area contributed by atoms with Crippen molar-refractivity contribution in [3.05, 3.63) is 57.5 Å². The van der Waals surface area contributed by atoms with Gasteiger partial charge in [0.05, 0.1) is 24.2 Å². The minimum absolute atomic E-state index is 0. The summed E-state index contributed by atoms with van der Waals surface area (Å²) in [4.78, 5) is 16.8. The normalized spacial score (nSPS) is 10.1. The van der Waals surface area contributed by atoms with E-state index in [1.165, 1.54) is 4.57 Å². The van der Waals surface area contributed by atoms with E-state index in [1.54, 1.807) is 7.05 Å². The van der Waals surface area contributed by atoms with Crippen molar-refractivity contribution in [3.8, 4) is 0 Å². The molecule has 0 aliphatic heterocycles. The van der Waals surface area contributed by atoms with Gasteiger partial charge in [-0.1, -0.05) is 30.3 Å². The first kappa shape index (κ1) is 18.5. The third-order valence-electron chi connectivity index (χ3n) is 3.31. The Morgan fingerprint density at radius 3 is 2.64 bits per heavy atom. The number of hydrogen-bond donors (Lipinski definition) is 1. The summed E-state index contributed by atoms with van der Waals surface area (Å²) in [5.41, 5.74) is 2.38. The number of rotatable bonds is 6. The van der Waals surface area contributed by atoms with Gasteiger partial charge >= 0.3 is 0 Å². The van der Waals surface area contributed by atoms with Gasteiger partial charge in [-0.05, 0) is 12.5 Å². The van der Waals surface area contributed by atoms with Crippen LogP contribution in [0.5, 0.6) is 0 Å². The van der Waals surface area contributed by atoms with Crippen LogP contribution in [0.1, 0.15) is 16.8 Å². The lowest BCUT2D eigenvalue weighted by molar-refractivity contribution is 0.355. The van der Waals surface area contributed by atoms with Gasteiger partial charge in [-0.25, -0.2) is 4.98 Å². The maximum atomic E-state index is 12.3.